The number of alkyl halides is 3. The first kappa shape index (κ1) is 22.3. The first-order valence-corrected chi connectivity index (χ1v) is 9.36. The van der Waals surface area contributed by atoms with Crippen molar-refractivity contribution in [3.05, 3.63) is 81.1 Å². The second-order valence-electron chi connectivity index (χ2n) is 6.19. The molecule has 0 aliphatic heterocycles. The van der Waals surface area contributed by atoms with Crippen LogP contribution in [0.25, 0.3) is 0 Å². The zero-order valence-corrected chi connectivity index (χ0v) is 17.0. The van der Waals surface area contributed by atoms with Gasteiger partial charge in [0.15, 0.2) is 5.69 Å². The number of anilines is 2. The van der Waals surface area contributed by atoms with Gasteiger partial charge in [0.05, 0.1) is 27.9 Å². The highest BCUT2D eigenvalue weighted by Crippen LogP contribution is 2.32. The molecule has 0 aliphatic rings. The third-order valence-electron chi connectivity index (χ3n) is 4.02. The van der Waals surface area contributed by atoms with Gasteiger partial charge in [-0.1, -0.05) is 35.3 Å². The maximum atomic E-state index is 13.5. The molecule has 0 saturated carbocycles. The van der Waals surface area contributed by atoms with Crippen molar-refractivity contribution >= 4 is 40.7 Å². The van der Waals surface area contributed by atoms with Gasteiger partial charge in [-0.05, 0) is 35.9 Å². The minimum atomic E-state index is -4.90. The summed E-state index contributed by atoms with van der Waals surface area (Å²) in [4.78, 5) is 19.6. The predicted octanol–water partition coefficient (Wildman–Crippen LogP) is 5.35. The van der Waals surface area contributed by atoms with E-state index < -0.39 is 23.3 Å². The Morgan fingerprint density at radius 1 is 1.13 bits per heavy atom. The highest BCUT2D eigenvalue weighted by Gasteiger charge is 2.38. The van der Waals surface area contributed by atoms with Crippen LogP contribution in [0.2, 0.25) is 10.0 Å². The van der Waals surface area contributed by atoms with Crippen molar-refractivity contribution in [1.82, 2.24) is 15.3 Å². The zero-order chi connectivity index (χ0) is 22.6. The number of benzene rings is 2. The molecule has 2 N–H and O–H groups in total. The van der Waals surface area contributed by atoms with Crippen LogP contribution in [0.15, 0.2) is 48.7 Å². The van der Waals surface area contributed by atoms with Gasteiger partial charge in [0.1, 0.15) is 0 Å². The molecule has 0 fully saturated rings. The molecule has 2 aromatic carbocycles. The Balaban J connectivity index is 1.82. The van der Waals surface area contributed by atoms with E-state index in [1.165, 1.54) is 30.3 Å². The molecular weight excluding hydrogens is 454 g/mol. The number of hydrogen-bond acceptors (Lipinski definition) is 5. The molecule has 0 aliphatic carbocycles. The van der Waals surface area contributed by atoms with E-state index in [4.69, 9.17) is 28.5 Å². The third-order valence-corrected chi connectivity index (χ3v) is 4.56. The van der Waals surface area contributed by atoms with Gasteiger partial charge in [0.25, 0.3) is 5.91 Å². The predicted molar refractivity (Wildman–Crippen MR) is 109 cm³/mol. The molecular formula is C20H12Cl2F3N5O. The lowest BCUT2D eigenvalue weighted by Gasteiger charge is -2.14. The normalized spacial score (nSPS) is 11.0. The molecule has 6 nitrogen and oxygen atoms in total. The molecule has 0 bridgehead atoms. The van der Waals surface area contributed by atoms with Crippen molar-refractivity contribution in [3.63, 3.8) is 0 Å². The van der Waals surface area contributed by atoms with Gasteiger partial charge in [-0.15, -0.1) is 0 Å². The summed E-state index contributed by atoms with van der Waals surface area (Å²) in [6.07, 6.45) is -4.11. The number of hydrogen-bond donors (Lipinski definition) is 2. The van der Waals surface area contributed by atoms with Gasteiger partial charge in [-0.2, -0.15) is 18.4 Å². The van der Waals surface area contributed by atoms with E-state index >= 15 is 0 Å². The average Bonchev–Trinajstić information content (AvgIpc) is 2.73. The summed E-state index contributed by atoms with van der Waals surface area (Å²) >= 11 is 11.8. The third kappa shape index (κ3) is 5.63. The topological polar surface area (TPSA) is 90.7 Å². The van der Waals surface area contributed by atoms with Gasteiger partial charge in [0, 0.05) is 17.8 Å². The Bertz CT molecular complexity index is 1160. The second-order valence-corrected chi connectivity index (χ2v) is 7.04. The number of aromatic nitrogens is 2. The van der Waals surface area contributed by atoms with Crippen LogP contribution in [0.5, 0.6) is 0 Å². The average molecular weight is 466 g/mol. The lowest BCUT2D eigenvalue weighted by molar-refractivity contribution is -0.141. The van der Waals surface area contributed by atoms with Gasteiger partial charge >= 0.3 is 6.18 Å². The molecule has 1 amide bonds. The van der Waals surface area contributed by atoms with E-state index in [2.05, 4.69) is 20.6 Å². The smallest absolute Gasteiger partial charge is 0.348 e. The van der Waals surface area contributed by atoms with E-state index in [1.54, 1.807) is 12.1 Å². The number of amides is 1. The van der Waals surface area contributed by atoms with Crippen molar-refractivity contribution in [2.75, 3.05) is 5.32 Å². The van der Waals surface area contributed by atoms with Crippen molar-refractivity contribution in [2.24, 2.45) is 0 Å². The van der Waals surface area contributed by atoms with Crippen molar-refractivity contribution < 1.29 is 18.0 Å². The minimum Gasteiger partial charge on any atom is -0.348 e. The lowest BCUT2D eigenvalue weighted by Crippen LogP contribution is -2.27. The number of rotatable bonds is 5. The quantitative estimate of drug-likeness (QED) is 0.529. The molecule has 0 saturated heterocycles. The Morgan fingerprint density at radius 2 is 1.84 bits per heavy atom. The summed E-state index contributed by atoms with van der Waals surface area (Å²) in [5, 5.41) is 14.3. The molecule has 158 valence electrons. The van der Waals surface area contributed by atoms with Crippen LogP contribution in [0, 0.1) is 11.3 Å². The maximum Gasteiger partial charge on any atom is 0.434 e. The van der Waals surface area contributed by atoms with E-state index in [9.17, 15) is 18.0 Å². The van der Waals surface area contributed by atoms with E-state index in [1.807, 2.05) is 6.07 Å². The fourth-order valence-electron chi connectivity index (χ4n) is 2.51. The van der Waals surface area contributed by atoms with Crippen LogP contribution in [-0.4, -0.2) is 15.9 Å². The van der Waals surface area contributed by atoms with Crippen molar-refractivity contribution in [3.8, 4) is 6.07 Å². The number of nitrogens with one attached hydrogen (secondary N) is 2. The summed E-state index contributed by atoms with van der Waals surface area (Å²) in [5.74, 6) is -1.38. The molecule has 11 heteroatoms. The highest BCUT2D eigenvalue weighted by molar-refractivity contribution is 6.36. The van der Waals surface area contributed by atoms with Crippen LogP contribution in [0.1, 0.15) is 27.2 Å². The highest BCUT2D eigenvalue weighted by atomic mass is 35.5. The summed E-state index contributed by atoms with van der Waals surface area (Å²) in [6.45, 7) is -0.0395. The summed E-state index contributed by atoms with van der Waals surface area (Å²) in [7, 11) is 0. The monoisotopic (exact) mass is 465 g/mol. The van der Waals surface area contributed by atoms with Gasteiger partial charge in [0.2, 0.25) is 5.95 Å². The Morgan fingerprint density at radius 3 is 2.45 bits per heavy atom. The summed E-state index contributed by atoms with van der Waals surface area (Å²) in [6, 6.07) is 12.5. The van der Waals surface area contributed by atoms with E-state index in [-0.39, 0.29) is 23.2 Å². The van der Waals surface area contributed by atoms with Crippen molar-refractivity contribution in [2.45, 2.75) is 12.7 Å². The molecule has 0 radical (unpaired) electrons. The number of nitriles is 1. The summed E-state index contributed by atoms with van der Waals surface area (Å²) in [5.41, 5.74) is -0.845. The van der Waals surface area contributed by atoms with Crippen molar-refractivity contribution in [1.29, 1.82) is 5.26 Å². The molecule has 1 aromatic heterocycles. The SMILES string of the molecule is N#Cc1ccc(CNC(=O)c2cnc(Nc3ccc(Cl)cc3Cl)nc2C(F)(F)F)cc1. The number of carbonyl (C=O) groups excluding carboxylic acids is 1. The fourth-order valence-corrected chi connectivity index (χ4v) is 2.97. The zero-order valence-electron chi connectivity index (χ0n) is 15.5. The summed E-state index contributed by atoms with van der Waals surface area (Å²) < 4.78 is 40.6. The maximum absolute atomic E-state index is 13.5. The van der Waals surface area contributed by atoms with Gasteiger partial charge < -0.3 is 10.6 Å². The first-order chi connectivity index (χ1) is 14.7. The first-order valence-electron chi connectivity index (χ1n) is 8.61. The van der Waals surface area contributed by atoms with E-state index in [0.29, 0.717) is 16.1 Å². The van der Waals surface area contributed by atoms with Gasteiger partial charge in [-0.25, -0.2) is 9.97 Å². The van der Waals surface area contributed by atoms with Gasteiger partial charge in [-0.3, -0.25) is 4.79 Å². The molecule has 0 spiro atoms. The van der Waals surface area contributed by atoms with Crippen LogP contribution in [-0.2, 0) is 12.7 Å². The van der Waals surface area contributed by atoms with E-state index in [0.717, 1.165) is 6.20 Å². The minimum absolute atomic E-state index is 0.0395. The Hall–Kier alpha value is -3.35. The second kappa shape index (κ2) is 9.20. The van der Waals surface area contributed by atoms with Crippen LogP contribution < -0.4 is 10.6 Å². The molecule has 0 atom stereocenters. The number of halogens is 5. The Labute approximate surface area is 184 Å². The molecule has 3 rings (SSSR count). The molecule has 0 unspecified atom stereocenters. The standard InChI is InChI=1S/C20H12Cl2F3N5O/c21-13-5-6-16(15(22)7-13)29-19-28-10-14(17(30-19)20(23,24)25)18(31)27-9-12-3-1-11(8-26)2-4-12/h1-7,10H,9H2,(H,27,31)(H,28,29,30). The molecule has 3 aromatic rings. The number of nitrogens with zero attached hydrogens (tertiary/aromatic N) is 3. The Kier molecular flexibility index (Phi) is 6.63. The fraction of sp³-hybridized carbons (Fsp3) is 0.100. The van der Waals surface area contributed by atoms with Crippen LogP contribution >= 0.6 is 23.2 Å². The number of carbonyl (C=O) groups is 1. The molecule has 31 heavy (non-hydrogen) atoms. The molecule has 1 heterocycles. The lowest BCUT2D eigenvalue weighted by atomic mass is 10.1. The van der Waals surface area contributed by atoms with Crippen LogP contribution in [0.3, 0.4) is 0 Å². The largest absolute Gasteiger partial charge is 0.434 e. The van der Waals surface area contributed by atoms with Crippen LogP contribution in [0.4, 0.5) is 24.8 Å².